The molecular formula is C19H21NO2. The van der Waals surface area contributed by atoms with Gasteiger partial charge in [0.25, 0.3) is 0 Å². The summed E-state index contributed by atoms with van der Waals surface area (Å²) >= 11 is 0. The fourth-order valence-electron chi connectivity index (χ4n) is 2.15. The number of benzene rings is 2. The van der Waals surface area contributed by atoms with Crippen molar-refractivity contribution in [2.45, 2.75) is 13.8 Å². The molecule has 0 radical (unpaired) electrons. The SMILES string of the molecule is Cc1cccc(C)c1OCCNC(=O)/C=C/c1ccccc1. The van der Waals surface area contributed by atoms with Gasteiger partial charge in [0.05, 0.1) is 6.54 Å². The summed E-state index contributed by atoms with van der Waals surface area (Å²) in [5.74, 6) is 0.783. The van der Waals surface area contributed by atoms with Crippen LogP contribution in [-0.4, -0.2) is 19.1 Å². The van der Waals surface area contributed by atoms with Crippen LogP contribution in [0, 0.1) is 13.8 Å². The number of carbonyl (C=O) groups excluding carboxylic acids is 1. The second kappa shape index (κ2) is 8.03. The average Bonchev–Trinajstić information content (AvgIpc) is 2.53. The van der Waals surface area contributed by atoms with Crippen LogP contribution < -0.4 is 10.1 Å². The van der Waals surface area contributed by atoms with Gasteiger partial charge in [-0.2, -0.15) is 0 Å². The molecule has 0 unspecified atom stereocenters. The van der Waals surface area contributed by atoms with Gasteiger partial charge in [0.1, 0.15) is 12.4 Å². The van der Waals surface area contributed by atoms with E-state index in [1.807, 2.05) is 62.4 Å². The van der Waals surface area contributed by atoms with E-state index >= 15 is 0 Å². The lowest BCUT2D eigenvalue weighted by molar-refractivity contribution is -0.116. The van der Waals surface area contributed by atoms with E-state index in [1.54, 1.807) is 6.08 Å². The molecule has 3 nitrogen and oxygen atoms in total. The minimum Gasteiger partial charge on any atom is -0.491 e. The topological polar surface area (TPSA) is 38.3 Å². The number of carbonyl (C=O) groups is 1. The van der Waals surface area contributed by atoms with Crippen molar-refractivity contribution in [3.8, 4) is 5.75 Å². The molecule has 0 saturated carbocycles. The summed E-state index contributed by atoms with van der Waals surface area (Å²) in [7, 11) is 0. The van der Waals surface area contributed by atoms with Crippen molar-refractivity contribution in [2.75, 3.05) is 13.2 Å². The molecule has 0 heterocycles. The third-order valence-corrected chi connectivity index (χ3v) is 3.28. The molecular weight excluding hydrogens is 274 g/mol. The van der Waals surface area contributed by atoms with Crippen molar-refractivity contribution in [3.63, 3.8) is 0 Å². The van der Waals surface area contributed by atoms with E-state index in [0.717, 1.165) is 22.4 Å². The zero-order chi connectivity index (χ0) is 15.8. The van der Waals surface area contributed by atoms with Crippen molar-refractivity contribution in [3.05, 3.63) is 71.3 Å². The lowest BCUT2D eigenvalue weighted by atomic mass is 10.1. The van der Waals surface area contributed by atoms with E-state index in [9.17, 15) is 4.79 Å². The molecule has 0 atom stereocenters. The molecule has 22 heavy (non-hydrogen) atoms. The summed E-state index contributed by atoms with van der Waals surface area (Å²) in [4.78, 5) is 11.7. The zero-order valence-corrected chi connectivity index (χ0v) is 13.0. The third kappa shape index (κ3) is 4.77. The van der Waals surface area contributed by atoms with Crippen LogP contribution in [0.3, 0.4) is 0 Å². The standard InChI is InChI=1S/C19H21NO2/c1-15-7-6-8-16(2)19(15)22-14-13-20-18(21)12-11-17-9-4-3-5-10-17/h3-12H,13-14H2,1-2H3,(H,20,21)/b12-11+. The zero-order valence-electron chi connectivity index (χ0n) is 13.0. The molecule has 2 aromatic rings. The average molecular weight is 295 g/mol. The summed E-state index contributed by atoms with van der Waals surface area (Å²) in [6, 6.07) is 15.8. The molecule has 0 aliphatic heterocycles. The molecule has 2 aromatic carbocycles. The van der Waals surface area contributed by atoms with Gasteiger partial charge in [-0.1, -0.05) is 48.5 Å². The molecule has 0 bridgehead atoms. The van der Waals surface area contributed by atoms with Gasteiger partial charge in [-0.25, -0.2) is 0 Å². The van der Waals surface area contributed by atoms with Crippen LogP contribution in [0.5, 0.6) is 5.75 Å². The molecule has 0 aliphatic carbocycles. The van der Waals surface area contributed by atoms with Gasteiger partial charge in [-0.15, -0.1) is 0 Å². The maximum absolute atomic E-state index is 11.7. The van der Waals surface area contributed by atoms with E-state index < -0.39 is 0 Å². The Labute approximate surface area is 131 Å². The first-order valence-corrected chi connectivity index (χ1v) is 7.37. The lowest BCUT2D eigenvalue weighted by Crippen LogP contribution is -2.26. The highest BCUT2D eigenvalue weighted by Crippen LogP contribution is 2.21. The number of hydrogen-bond acceptors (Lipinski definition) is 2. The Morgan fingerprint density at radius 1 is 1.05 bits per heavy atom. The number of nitrogens with one attached hydrogen (secondary N) is 1. The molecule has 0 spiro atoms. The number of rotatable bonds is 6. The van der Waals surface area contributed by atoms with Crippen molar-refractivity contribution in [2.24, 2.45) is 0 Å². The largest absolute Gasteiger partial charge is 0.491 e. The van der Waals surface area contributed by atoms with Crippen LogP contribution in [0.4, 0.5) is 0 Å². The summed E-state index contributed by atoms with van der Waals surface area (Å²) in [6.45, 7) is 4.97. The molecule has 0 aliphatic rings. The Kier molecular flexibility index (Phi) is 5.78. The van der Waals surface area contributed by atoms with Crippen LogP contribution in [0.15, 0.2) is 54.6 Å². The molecule has 1 amide bonds. The van der Waals surface area contributed by atoms with Crippen LogP contribution in [0.25, 0.3) is 6.08 Å². The van der Waals surface area contributed by atoms with Gasteiger partial charge in [-0.05, 0) is 36.6 Å². The van der Waals surface area contributed by atoms with Crippen LogP contribution in [0.1, 0.15) is 16.7 Å². The van der Waals surface area contributed by atoms with Crippen molar-refractivity contribution in [1.82, 2.24) is 5.32 Å². The van der Waals surface area contributed by atoms with Gasteiger partial charge in [0.2, 0.25) is 5.91 Å². The molecule has 1 N–H and O–H groups in total. The Morgan fingerprint density at radius 2 is 1.73 bits per heavy atom. The molecule has 0 saturated heterocycles. The number of hydrogen-bond donors (Lipinski definition) is 1. The smallest absolute Gasteiger partial charge is 0.244 e. The minimum absolute atomic E-state index is 0.117. The van der Waals surface area contributed by atoms with E-state index in [1.165, 1.54) is 6.08 Å². The van der Waals surface area contributed by atoms with Crippen LogP contribution in [0.2, 0.25) is 0 Å². The van der Waals surface area contributed by atoms with Crippen molar-refractivity contribution < 1.29 is 9.53 Å². The highest BCUT2D eigenvalue weighted by Gasteiger charge is 2.03. The molecule has 0 aromatic heterocycles. The fraction of sp³-hybridized carbons (Fsp3) is 0.211. The Bertz CT molecular complexity index is 627. The summed E-state index contributed by atoms with van der Waals surface area (Å²) in [6.07, 6.45) is 3.33. The Hall–Kier alpha value is -2.55. The van der Waals surface area contributed by atoms with Gasteiger partial charge in [0.15, 0.2) is 0 Å². The number of ether oxygens (including phenoxy) is 1. The highest BCUT2D eigenvalue weighted by molar-refractivity contribution is 5.91. The van der Waals surface area contributed by atoms with Crippen molar-refractivity contribution in [1.29, 1.82) is 0 Å². The number of para-hydroxylation sites is 1. The first-order chi connectivity index (χ1) is 10.7. The molecule has 114 valence electrons. The maximum Gasteiger partial charge on any atom is 0.244 e. The first kappa shape index (κ1) is 15.8. The van der Waals surface area contributed by atoms with E-state index in [4.69, 9.17) is 4.74 Å². The lowest BCUT2D eigenvalue weighted by Gasteiger charge is -2.11. The van der Waals surface area contributed by atoms with E-state index in [2.05, 4.69) is 5.32 Å². The summed E-state index contributed by atoms with van der Waals surface area (Å²) in [5.41, 5.74) is 3.22. The predicted octanol–water partition coefficient (Wildman–Crippen LogP) is 3.51. The van der Waals surface area contributed by atoms with Crippen LogP contribution >= 0.6 is 0 Å². The number of amides is 1. The first-order valence-electron chi connectivity index (χ1n) is 7.37. The minimum atomic E-state index is -0.117. The normalized spacial score (nSPS) is 10.6. The highest BCUT2D eigenvalue weighted by atomic mass is 16.5. The predicted molar refractivity (Wildman–Crippen MR) is 89.9 cm³/mol. The van der Waals surface area contributed by atoms with Gasteiger partial charge in [0, 0.05) is 6.08 Å². The van der Waals surface area contributed by atoms with Crippen molar-refractivity contribution >= 4 is 12.0 Å². The van der Waals surface area contributed by atoms with Crippen LogP contribution in [-0.2, 0) is 4.79 Å². The van der Waals surface area contributed by atoms with Gasteiger partial charge >= 0.3 is 0 Å². The molecule has 0 fully saturated rings. The third-order valence-electron chi connectivity index (χ3n) is 3.28. The molecule has 3 heteroatoms. The second-order valence-electron chi connectivity index (χ2n) is 5.10. The fourth-order valence-corrected chi connectivity index (χ4v) is 2.15. The van der Waals surface area contributed by atoms with Gasteiger partial charge in [-0.3, -0.25) is 4.79 Å². The Balaban J connectivity index is 1.75. The summed E-state index contributed by atoms with van der Waals surface area (Å²) < 4.78 is 5.74. The Morgan fingerprint density at radius 3 is 2.41 bits per heavy atom. The van der Waals surface area contributed by atoms with E-state index in [0.29, 0.717) is 13.2 Å². The van der Waals surface area contributed by atoms with E-state index in [-0.39, 0.29) is 5.91 Å². The quantitative estimate of drug-likeness (QED) is 0.654. The molecule has 2 rings (SSSR count). The second-order valence-corrected chi connectivity index (χ2v) is 5.10. The maximum atomic E-state index is 11.7. The summed E-state index contributed by atoms with van der Waals surface area (Å²) in [5, 5.41) is 2.81. The van der Waals surface area contributed by atoms with Gasteiger partial charge < -0.3 is 10.1 Å². The number of aryl methyl sites for hydroxylation is 2. The monoisotopic (exact) mass is 295 g/mol.